The van der Waals surface area contributed by atoms with E-state index in [4.69, 9.17) is 4.74 Å². The molecule has 112 valence electrons. The molecule has 0 heterocycles. The molecule has 21 heavy (non-hydrogen) atoms. The first kappa shape index (κ1) is 15.5. The molecule has 3 heteroatoms. The van der Waals surface area contributed by atoms with Gasteiger partial charge in [0.2, 0.25) is 0 Å². The van der Waals surface area contributed by atoms with Gasteiger partial charge in [0.25, 0.3) is 0 Å². The van der Waals surface area contributed by atoms with E-state index in [1.54, 1.807) is 7.11 Å². The van der Waals surface area contributed by atoms with Crippen LogP contribution in [0, 0.1) is 0 Å². The van der Waals surface area contributed by atoms with Gasteiger partial charge < -0.3 is 9.84 Å². The smallest absolute Gasteiger partial charge is 0.124 e. The van der Waals surface area contributed by atoms with Crippen molar-refractivity contribution in [2.45, 2.75) is 12.5 Å². The third kappa shape index (κ3) is 3.43. The monoisotopic (exact) mass is 285 g/mol. The van der Waals surface area contributed by atoms with Crippen molar-refractivity contribution in [1.29, 1.82) is 0 Å². The third-order valence-corrected chi connectivity index (χ3v) is 3.83. The summed E-state index contributed by atoms with van der Waals surface area (Å²) >= 11 is 0. The first-order valence-electron chi connectivity index (χ1n) is 7.20. The van der Waals surface area contributed by atoms with Crippen LogP contribution in [-0.2, 0) is 0 Å². The fourth-order valence-corrected chi connectivity index (χ4v) is 2.69. The summed E-state index contributed by atoms with van der Waals surface area (Å²) in [5.74, 6) is 0.880. The molecule has 0 spiro atoms. The molecule has 0 radical (unpaired) electrons. The van der Waals surface area contributed by atoms with Crippen LogP contribution in [0.25, 0.3) is 10.8 Å². The van der Waals surface area contributed by atoms with Gasteiger partial charge in [-0.05, 0) is 36.4 Å². The Hall–Kier alpha value is -1.84. The molecule has 0 saturated carbocycles. The Bertz CT molecular complexity index is 609. The highest BCUT2D eigenvalue weighted by atomic mass is 16.5. The second-order valence-corrected chi connectivity index (χ2v) is 5.19. The number of nitrogens with zero attached hydrogens (tertiary/aromatic N) is 1. The lowest BCUT2D eigenvalue weighted by molar-refractivity contribution is 0.179. The average molecular weight is 285 g/mol. The number of hydrogen-bond donors (Lipinski definition) is 1. The Morgan fingerprint density at radius 3 is 2.52 bits per heavy atom. The zero-order chi connectivity index (χ0) is 15.2. The third-order valence-electron chi connectivity index (χ3n) is 3.83. The topological polar surface area (TPSA) is 32.7 Å². The van der Waals surface area contributed by atoms with Crippen LogP contribution in [0.15, 0.2) is 49.1 Å². The zero-order valence-corrected chi connectivity index (χ0v) is 12.7. The fraction of sp³-hybridized carbons (Fsp3) is 0.333. The summed E-state index contributed by atoms with van der Waals surface area (Å²) in [7, 11) is 3.71. The van der Waals surface area contributed by atoms with Crippen LogP contribution >= 0.6 is 0 Å². The molecular weight excluding hydrogens is 262 g/mol. The van der Waals surface area contributed by atoms with Gasteiger partial charge in [-0.25, -0.2) is 0 Å². The highest BCUT2D eigenvalue weighted by Gasteiger charge is 2.20. The molecule has 0 aliphatic rings. The summed E-state index contributed by atoms with van der Waals surface area (Å²) in [5.41, 5.74) is 1.13. The van der Waals surface area contributed by atoms with Crippen LogP contribution < -0.4 is 4.74 Å². The first-order valence-corrected chi connectivity index (χ1v) is 7.20. The summed E-state index contributed by atoms with van der Waals surface area (Å²) in [5, 5.41) is 11.6. The minimum absolute atomic E-state index is 0.139. The van der Waals surface area contributed by atoms with Gasteiger partial charge in [0.05, 0.1) is 13.7 Å². The summed E-state index contributed by atoms with van der Waals surface area (Å²) in [6.07, 6.45) is 2.72. The molecule has 0 aliphatic carbocycles. The van der Waals surface area contributed by atoms with Gasteiger partial charge in [0.15, 0.2) is 0 Å². The Morgan fingerprint density at radius 2 is 1.95 bits per heavy atom. The van der Waals surface area contributed by atoms with Crippen LogP contribution in [0.4, 0.5) is 0 Å². The predicted octanol–water partition coefficient (Wildman–Crippen LogP) is 3.39. The summed E-state index contributed by atoms with van der Waals surface area (Å²) in [6, 6.07) is 12.7. The standard InChI is InChI=1S/C18H23NO2/c1-4-7-17(19(2)10-11-20)16-12-14-8-5-6-9-15(14)13-18(16)21-3/h4-6,8-9,12-13,17,20H,1,7,10-11H2,2-3H3. The minimum Gasteiger partial charge on any atom is -0.496 e. The van der Waals surface area contributed by atoms with Crippen LogP contribution in [-0.4, -0.2) is 37.3 Å². The van der Waals surface area contributed by atoms with Crippen molar-refractivity contribution < 1.29 is 9.84 Å². The van der Waals surface area contributed by atoms with Crippen molar-refractivity contribution in [3.8, 4) is 5.75 Å². The number of fused-ring (bicyclic) bond motifs is 1. The zero-order valence-electron chi connectivity index (χ0n) is 12.7. The van der Waals surface area contributed by atoms with E-state index in [2.05, 4.69) is 35.7 Å². The normalized spacial score (nSPS) is 12.6. The number of benzene rings is 2. The van der Waals surface area contributed by atoms with Crippen LogP contribution in [0.1, 0.15) is 18.0 Å². The molecular formula is C18H23NO2. The molecule has 0 amide bonds. The Labute approximate surface area is 126 Å². The van der Waals surface area contributed by atoms with Crippen LogP contribution in [0.3, 0.4) is 0 Å². The number of methoxy groups -OCH3 is 1. The van der Waals surface area contributed by atoms with Gasteiger partial charge in [-0.1, -0.05) is 30.3 Å². The van der Waals surface area contributed by atoms with E-state index in [1.165, 1.54) is 10.8 Å². The highest BCUT2D eigenvalue weighted by Crippen LogP contribution is 2.34. The van der Waals surface area contributed by atoms with E-state index in [-0.39, 0.29) is 12.6 Å². The molecule has 0 saturated heterocycles. The molecule has 0 aliphatic heterocycles. The van der Waals surface area contributed by atoms with E-state index in [0.717, 1.165) is 17.7 Å². The van der Waals surface area contributed by atoms with E-state index in [1.807, 2.05) is 25.3 Å². The van der Waals surface area contributed by atoms with Crippen molar-refractivity contribution in [3.63, 3.8) is 0 Å². The lowest BCUT2D eigenvalue weighted by Crippen LogP contribution is -2.27. The maximum Gasteiger partial charge on any atom is 0.124 e. The van der Waals surface area contributed by atoms with Crippen molar-refractivity contribution in [3.05, 3.63) is 54.6 Å². The van der Waals surface area contributed by atoms with E-state index in [0.29, 0.717) is 6.54 Å². The average Bonchev–Trinajstić information content (AvgIpc) is 2.51. The summed E-state index contributed by atoms with van der Waals surface area (Å²) in [6.45, 7) is 4.61. The molecule has 2 aromatic rings. The molecule has 1 N–H and O–H groups in total. The maximum absolute atomic E-state index is 9.20. The molecule has 2 aromatic carbocycles. The van der Waals surface area contributed by atoms with Crippen LogP contribution in [0.5, 0.6) is 5.75 Å². The molecule has 1 atom stereocenters. The number of ether oxygens (including phenoxy) is 1. The number of rotatable bonds is 7. The highest BCUT2D eigenvalue weighted by molar-refractivity contribution is 5.85. The van der Waals surface area contributed by atoms with Gasteiger partial charge >= 0.3 is 0 Å². The lowest BCUT2D eigenvalue weighted by Gasteiger charge is -2.28. The SMILES string of the molecule is C=CCC(c1cc2ccccc2cc1OC)N(C)CCO. The molecule has 0 bridgehead atoms. The first-order chi connectivity index (χ1) is 10.2. The van der Waals surface area contributed by atoms with Gasteiger partial charge in [-0.3, -0.25) is 4.90 Å². The Kier molecular flexibility index (Phi) is 5.37. The Morgan fingerprint density at radius 1 is 1.29 bits per heavy atom. The van der Waals surface area contributed by atoms with E-state index >= 15 is 0 Å². The minimum atomic E-state index is 0.139. The largest absolute Gasteiger partial charge is 0.496 e. The molecule has 1 unspecified atom stereocenters. The predicted molar refractivity (Wildman–Crippen MR) is 87.8 cm³/mol. The van der Waals surface area contributed by atoms with Crippen molar-refractivity contribution in [2.75, 3.05) is 27.3 Å². The molecule has 2 rings (SSSR count). The second kappa shape index (κ2) is 7.25. The van der Waals surface area contributed by atoms with Crippen molar-refractivity contribution in [1.82, 2.24) is 4.90 Å². The second-order valence-electron chi connectivity index (χ2n) is 5.19. The van der Waals surface area contributed by atoms with Gasteiger partial charge in [-0.2, -0.15) is 0 Å². The van der Waals surface area contributed by atoms with E-state index < -0.39 is 0 Å². The van der Waals surface area contributed by atoms with Crippen molar-refractivity contribution in [2.24, 2.45) is 0 Å². The summed E-state index contributed by atoms with van der Waals surface area (Å²) < 4.78 is 5.59. The lowest BCUT2D eigenvalue weighted by atomic mass is 9.97. The Balaban J connectivity index is 2.51. The quantitative estimate of drug-likeness (QED) is 0.792. The van der Waals surface area contributed by atoms with Gasteiger partial charge in [0.1, 0.15) is 5.75 Å². The van der Waals surface area contributed by atoms with E-state index in [9.17, 15) is 5.11 Å². The maximum atomic E-state index is 9.20. The van der Waals surface area contributed by atoms with Gasteiger partial charge in [0, 0.05) is 18.2 Å². The number of hydrogen-bond acceptors (Lipinski definition) is 3. The van der Waals surface area contributed by atoms with Gasteiger partial charge in [-0.15, -0.1) is 6.58 Å². The number of aliphatic hydroxyl groups is 1. The van der Waals surface area contributed by atoms with Crippen LogP contribution in [0.2, 0.25) is 0 Å². The fourth-order valence-electron chi connectivity index (χ4n) is 2.69. The number of aliphatic hydroxyl groups excluding tert-OH is 1. The van der Waals surface area contributed by atoms with Crippen molar-refractivity contribution >= 4 is 10.8 Å². The molecule has 0 fully saturated rings. The molecule has 0 aromatic heterocycles. The summed E-state index contributed by atoms with van der Waals surface area (Å²) in [4.78, 5) is 2.13. The molecule has 3 nitrogen and oxygen atoms in total. The number of likely N-dealkylation sites (N-methyl/N-ethyl adjacent to an activating group) is 1.